The second-order valence-corrected chi connectivity index (χ2v) is 7.62. The van der Waals surface area contributed by atoms with Gasteiger partial charge in [-0.3, -0.25) is 4.99 Å². The Labute approximate surface area is 178 Å². The fraction of sp³-hybridized carbons (Fsp3) is 0.632. The molecule has 0 aromatic heterocycles. The average molecular weight is 493 g/mol. The maximum absolute atomic E-state index is 10.5. The molecule has 2 fully saturated rings. The van der Waals surface area contributed by atoms with Gasteiger partial charge in [-0.15, -0.1) is 24.0 Å². The van der Waals surface area contributed by atoms with Gasteiger partial charge in [0.25, 0.3) is 0 Å². The van der Waals surface area contributed by atoms with Gasteiger partial charge in [0.05, 0.1) is 12.1 Å². The van der Waals surface area contributed by atoms with E-state index in [-0.39, 0.29) is 24.0 Å². The molecule has 1 unspecified atom stereocenters. The molecular formula is C19H30ClIN4O. The van der Waals surface area contributed by atoms with Crippen molar-refractivity contribution in [3.05, 3.63) is 29.3 Å². The molecule has 3 N–H and O–H groups in total. The summed E-state index contributed by atoms with van der Waals surface area (Å²) in [6.07, 6.45) is 4.99. The molecule has 0 radical (unpaired) electrons. The van der Waals surface area contributed by atoms with Crippen LogP contribution in [0.1, 0.15) is 39.0 Å². The van der Waals surface area contributed by atoms with Crippen LogP contribution >= 0.6 is 35.6 Å². The molecule has 1 aromatic carbocycles. The van der Waals surface area contributed by atoms with Gasteiger partial charge in [0, 0.05) is 36.4 Å². The van der Waals surface area contributed by atoms with E-state index in [0.717, 1.165) is 62.7 Å². The molecule has 1 aliphatic carbocycles. The maximum Gasteiger partial charge on any atom is 0.191 e. The van der Waals surface area contributed by atoms with Crippen LogP contribution in [0.2, 0.25) is 5.02 Å². The first-order valence-electron chi connectivity index (χ1n) is 9.36. The Morgan fingerprint density at radius 1 is 1.38 bits per heavy atom. The Morgan fingerprint density at radius 3 is 2.85 bits per heavy atom. The first kappa shape index (κ1) is 21.6. The van der Waals surface area contributed by atoms with E-state index in [0.29, 0.717) is 12.6 Å². The molecular weight excluding hydrogens is 463 g/mol. The molecule has 0 amide bonds. The van der Waals surface area contributed by atoms with Crippen LogP contribution in [0.15, 0.2) is 29.3 Å². The Balaban J connectivity index is 0.00000243. The summed E-state index contributed by atoms with van der Waals surface area (Å²) in [5.74, 6) is 0.806. The Morgan fingerprint density at radius 2 is 2.15 bits per heavy atom. The standard InChI is InChI=1S/C19H29ClN4O.HI/c1-2-21-18(22-14-19(25)9-3-4-10-19)23-16-8-11-24(13-16)17-7-5-6-15(20)12-17;/h5-7,12,16,25H,2-4,8-11,13-14H2,1H3,(H2,21,22,23);1H. The van der Waals surface area contributed by atoms with E-state index in [1.54, 1.807) is 0 Å². The average Bonchev–Trinajstić information content (AvgIpc) is 3.23. The molecule has 2 aliphatic rings. The zero-order valence-corrected chi connectivity index (χ0v) is 18.5. The zero-order valence-electron chi connectivity index (χ0n) is 15.4. The number of aliphatic hydroxyl groups is 1. The fourth-order valence-corrected chi connectivity index (χ4v) is 3.90. The van der Waals surface area contributed by atoms with Crippen molar-refractivity contribution in [1.29, 1.82) is 0 Å². The first-order chi connectivity index (χ1) is 12.1. The van der Waals surface area contributed by atoms with Gasteiger partial charge in [-0.05, 0) is 44.4 Å². The second-order valence-electron chi connectivity index (χ2n) is 7.18. The van der Waals surface area contributed by atoms with Crippen molar-refractivity contribution in [2.24, 2.45) is 4.99 Å². The number of guanidine groups is 1. The van der Waals surface area contributed by atoms with E-state index in [4.69, 9.17) is 11.6 Å². The van der Waals surface area contributed by atoms with Crippen molar-refractivity contribution < 1.29 is 5.11 Å². The van der Waals surface area contributed by atoms with Crippen molar-refractivity contribution in [1.82, 2.24) is 10.6 Å². The second kappa shape index (κ2) is 9.99. The van der Waals surface area contributed by atoms with Gasteiger partial charge >= 0.3 is 0 Å². The predicted molar refractivity (Wildman–Crippen MR) is 120 cm³/mol. The molecule has 1 heterocycles. The lowest BCUT2D eigenvalue weighted by Gasteiger charge is -2.23. The minimum Gasteiger partial charge on any atom is -0.388 e. The summed E-state index contributed by atoms with van der Waals surface area (Å²) in [5.41, 5.74) is 0.559. The minimum atomic E-state index is -0.606. The van der Waals surface area contributed by atoms with Crippen molar-refractivity contribution in [3.63, 3.8) is 0 Å². The number of aliphatic imine (C=N–C) groups is 1. The lowest BCUT2D eigenvalue weighted by atomic mass is 10.0. The van der Waals surface area contributed by atoms with Crippen molar-refractivity contribution >= 4 is 47.2 Å². The fourth-order valence-electron chi connectivity index (χ4n) is 3.72. The number of anilines is 1. The molecule has 1 atom stereocenters. The molecule has 0 bridgehead atoms. The minimum absolute atomic E-state index is 0. The van der Waals surface area contributed by atoms with Crippen molar-refractivity contribution in [2.45, 2.75) is 50.7 Å². The number of hydrogen-bond acceptors (Lipinski definition) is 3. The molecule has 1 saturated carbocycles. The molecule has 5 nitrogen and oxygen atoms in total. The van der Waals surface area contributed by atoms with E-state index in [2.05, 4.69) is 33.5 Å². The Bertz CT molecular complexity index is 607. The molecule has 1 aromatic rings. The zero-order chi connectivity index (χ0) is 17.7. The normalized spacial score (nSPS) is 22.2. The topological polar surface area (TPSA) is 59.9 Å². The van der Waals surface area contributed by atoms with Gasteiger partial charge < -0.3 is 20.6 Å². The number of hydrogen-bond donors (Lipinski definition) is 3. The number of halogens is 2. The van der Waals surface area contributed by atoms with Gasteiger partial charge in [0.1, 0.15) is 0 Å². The van der Waals surface area contributed by atoms with Crippen LogP contribution in [0, 0.1) is 0 Å². The smallest absolute Gasteiger partial charge is 0.191 e. The van der Waals surface area contributed by atoms with Gasteiger partial charge in [-0.1, -0.05) is 30.5 Å². The summed E-state index contributed by atoms with van der Waals surface area (Å²) in [5, 5.41) is 18.1. The number of nitrogens with one attached hydrogen (secondary N) is 2. The number of nitrogens with zero attached hydrogens (tertiary/aromatic N) is 2. The third-order valence-corrected chi connectivity index (χ3v) is 5.35. The maximum atomic E-state index is 10.5. The summed E-state index contributed by atoms with van der Waals surface area (Å²) in [4.78, 5) is 6.99. The van der Waals surface area contributed by atoms with Gasteiger partial charge in [-0.2, -0.15) is 0 Å². The van der Waals surface area contributed by atoms with Crippen LogP contribution in [0.5, 0.6) is 0 Å². The Kier molecular flexibility index (Phi) is 8.29. The van der Waals surface area contributed by atoms with Crippen LogP contribution in [0.3, 0.4) is 0 Å². The number of benzene rings is 1. The SMILES string of the molecule is CCNC(=NCC1(O)CCCC1)NC1CCN(c2cccc(Cl)c2)C1.I. The highest BCUT2D eigenvalue weighted by Gasteiger charge is 2.31. The highest BCUT2D eigenvalue weighted by atomic mass is 127. The molecule has 1 aliphatic heterocycles. The third kappa shape index (κ3) is 5.89. The lowest BCUT2D eigenvalue weighted by molar-refractivity contribution is 0.0574. The summed E-state index contributed by atoms with van der Waals surface area (Å²) in [6, 6.07) is 8.35. The third-order valence-electron chi connectivity index (χ3n) is 5.11. The largest absolute Gasteiger partial charge is 0.388 e. The molecule has 7 heteroatoms. The monoisotopic (exact) mass is 492 g/mol. The van der Waals surface area contributed by atoms with E-state index in [9.17, 15) is 5.11 Å². The van der Waals surface area contributed by atoms with Gasteiger partial charge in [-0.25, -0.2) is 0 Å². The van der Waals surface area contributed by atoms with Crippen LogP contribution in [0.4, 0.5) is 5.69 Å². The summed E-state index contributed by atoms with van der Waals surface area (Å²) in [6.45, 7) is 5.28. The quantitative estimate of drug-likeness (QED) is 0.335. The van der Waals surface area contributed by atoms with E-state index >= 15 is 0 Å². The summed E-state index contributed by atoms with van der Waals surface area (Å²) in [7, 11) is 0. The van der Waals surface area contributed by atoms with E-state index in [1.165, 1.54) is 5.69 Å². The lowest BCUT2D eigenvalue weighted by Crippen LogP contribution is -2.45. The molecule has 146 valence electrons. The van der Waals surface area contributed by atoms with E-state index in [1.807, 2.05) is 18.2 Å². The van der Waals surface area contributed by atoms with Crippen LogP contribution < -0.4 is 15.5 Å². The van der Waals surface area contributed by atoms with Crippen LogP contribution in [-0.2, 0) is 0 Å². The van der Waals surface area contributed by atoms with Gasteiger partial charge in [0.2, 0.25) is 0 Å². The van der Waals surface area contributed by atoms with Crippen LogP contribution in [0.25, 0.3) is 0 Å². The van der Waals surface area contributed by atoms with Crippen LogP contribution in [-0.4, -0.2) is 48.9 Å². The van der Waals surface area contributed by atoms with Gasteiger partial charge in [0.15, 0.2) is 5.96 Å². The first-order valence-corrected chi connectivity index (χ1v) is 9.73. The van der Waals surface area contributed by atoms with E-state index < -0.39 is 5.60 Å². The highest BCUT2D eigenvalue weighted by Crippen LogP contribution is 2.29. The van der Waals surface area contributed by atoms with Crippen molar-refractivity contribution in [3.8, 4) is 0 Å². The predicted octanol–water partition coefficient (Wildman–Crippen LogP) is 3.40. The Hall–Kier alpha value is -0.730. The number of rotatable bonds is 5. The molecule has 0 spiro atoms. The molecule has 1 saturated heterocycles. The molecule has 26 heavy (non-hydrogen) atoms. The summed E-state index contributed by atoms with van der Waals surface area (Å²) < 4.78 is 0. The van der Waals surface area contributed by atoms with Crippen molar-refractivity contribution in [2.75, 3.05) is 31.1 Å². The molecule has 3 rings (SSSR count). The highest BCUT2D eigenvalue weighted by molar-refractivity contribution is 14.0. The summed E-state index contributed by atoms with van der Waals surface area (Å²) >= 11 is 6.11.